The minimum absolute atomic E-state index is 0. The number of benzene rings is 2. The van der Waals surface area contributed by atoms with Crippen molar-refractivity contribution in [1.82, 2.24) is 9.55 Å². The van der Waals surface area contributed by atoms with Crippen LogP contribution in [0, 0.1) is 5.82 Å². The van der Waals surface area contributed by atoms with Gasteiger partial charge in [-0.2, -0.15) is 0 Å². The summed E-state index contributed by atoms with van der Waals surface area (Å²) in [7, 11) is -3.48. The molecule has 39 heavy (non-hydrogen) atoms. The zero-order valence-electron chi connectivity index (χ0n) is 22.6. The number of hydrogen-bond acceptors (Lipinski definition) is 8. The standard InChI is InChI=1S/C27H34FN3O6S.Na/c1-18(2)31-24(14-13-22(32)15-23(33)16-25(34)35)26(19-9-11-20(28)12-10-19)29-27(31)30(17-38(3,36)37)21-7-5-4-6-8-21;/h4-12,18,22-23,32-33H,13-17H2,1-3H3,(H,34,35);/q;+1/p-1/t22-,23-;/m1./s1. The van der Waals surface area contributed by atoms with Gasteiger partial charge < -0.3 is 24.7 Å². The Labute approximate surface area is 250 Å². The van der Waals surface area contributed by atoms with Crippen LogP contribution in [0.3, 0.4) is 0 Å². The number of para-hydroxylation sites is 1. The third kappa shape index (κ3) is 9.40. The molecule has 0 fully saturated rings. The average Bonchev–Trinajstić information content (AvgIpc) is 3.20. The summed E-state index contributed by atoms with van der Waals surface area (Å²) in [6.07, 6.45) is -1.39. The van der Waals surface area contributed by atoms with E-state index in [1.54, 1.807) is 41.3 Å². The first-order chi connectivity index (χ1) is 17.9. The number of nitrogens with zero attached hydrogens (tertiary/aromatic N) is 3. The van der Waals surface area contributed by atoms with Crippen LogP contribution in [0.4, 0.5) is 16.0 Å². The van der Waals surface area contributed by atoms with Gasteiger partial charge in [-0.05, 0) is 69.5 Å². The van der Waals surface area contributed by atoms with E-state index in [2.05, 4.69) is 0 Å². The Morgan fingerprint density at radius 1 is 1.08 bits per heavy atom. The van der Waals surface area contributed by atoms with Gasteiger partial charge in [-0.15, -0.1) is 0 Å². The van der Waals surface area contributed by atoms with E-state index in [-0.39, 0.29) is 60.7 Å². The maximum atomic E-state index is 13.7. The number of aliphatic hydroxyl groups is 2. The van der Waals surface area contributed by atoms with Crippen molar-refractivity contribution in [2.75, 3.05) is 17.0 Å². The van der Waals surface area contributed by atoms with Crippen molar-refractivity contribution in [3.63, 3.8) is 0 Å². The van der Waals surface area contributed by atoms with Gasteiger partial charge in [0.1, 0.15) is 11.7 Å². The van der Waals surface area contributed by atoms with E-state index < -0.39 is 40.3 Å². The van der Waals surface area contributed by atoms with Gasteiger partial charge in [0.25, 0.3) is 0 Å². The fourth-order valence-corrected chi connectivity index (χ4v) is 5.10. The third-order valence-electron chi connectivity index (χ3n) is 5.96. The van der Waals surface area contributed by atoms with E-state index in [0.717, 1.165) is 6.26 Å². The number of imidazole rings is 1. The molecule has 0 amide bonds. The molecule has 1 heterocycles. The molecule has 206 valence electrons. The van der Waals surface area contributed by atoms with Crippen LogP contribution in [-0.2, 0) is 21.1 Å². The second-order valence-electron chi connectivity index (χ2n) is 9.65. The number of anilines is 2. The molecule has 9 nitrogen and oxygen atoms in total. The largest absolute Gasteiger partial charge is 1.00 e. The normalized spacial score (nSPS) is 13.1. The number of aliphatic carboxylic acids is 1. The minimum Gasteiger partial charge on any atom is -0.550 e. The molecule has 2 N–H and O–H groups in total. The van der Waals surface area contributed by atoms with E-state index in [0.29, 0.717) is 28.6 Å². The third-order valence-corrected chi connectivity index (χ3v) is 6.69. The molecule has 1 aromatic heterocycles. The summed E-state index contributed by atoms with van der Waals surface area (Å²) in [4.78, 5) is 17.2. The summed E-state index contributed by atoms with van der Waals surface area (Å²) >= 11 is 0. The van der Waals surface area contributed by atoms with Gasteiger partial charge in [-0.1, -0.05) is 18.2 Å². The quantitative estimate of drug-likeness (QED) is 0.266. The van der Waals surface area contributed by atoms with Gasteiger partial charge in [0, 0.05) is 41.6 Å². The van der Waals surface area contributed by atoms with E-state index in [1.807, 2.05) is 24.5 Å². The molecule has 12 heteroatoms. The fraction of sp³-hybridized carbons (Fsp3) is 0.407. The number of carboxylic acid groups (broad SMARTS) is 1. The Bertz CT molecular complexity index is 1330. The van der Waals surface area contributed by atoms with Gasteiger partial charge in [0.2, 0.25) is 5.95 Å². The number of carboxylic acids is 1. The number of hydrogen-bond donors (Lipinski definition) is 2. The van der Waals surface area contributed by atoms with Crippen molar-refractivity contribution in [1.29, 1.82) is 0 Å². The zero-order valence-corrected chi connectivity index (χ0v) is 25.4. The predicted octanol–water partition coefficient (Wildman–Crippen LogP) is -0.401. The molecule has 0 unspecified atom stereocenters. The van der Waals surface area contributed by atoms with Gasteiger partial charge >= 0.3 is 29.6 Å². The molecule has 0 aliphatic heterocycles. The minimum atomic E-state index is -3.48. The van der Waals surface area contributed by atoms with Crippen molar-refractivity contribution < 1.29 is 62.5 Å². The van der Waals surface area contributed by atoms with Crippen molar-refractivity contribution in [2.24, 2.45) is 0 Å². The number of carbonyl (C=O) groups excluding carboxylic acids is 1. The van der Waals surface area contributed by atoms with Crippen LogP contribution in [0.2, 0.25) is 0 Å². The fourth-order valence-electron chi connectivity index (χ4n) is 4.37. The Morgan fingerprint density at radius 3 is 2.23 bits per heavy atom. The smallest absolute Gasteiger partial charge is 0.550 e. The molecule has 0 aliphatic carbocycles. The Kier molecular flexibility index (Phi) is 12.1. The summed E-state index contributed by atoms with van der Waals surface area (Å²) in [6.45, 7) is 3.85. The summed E-state index contributed by atoms with van der Waals surface area (Å²) < 4.78 is 40.5. The summed E-state index contributed by atoms with van der Waals surface area (Å²) in [6, 6.07) is 14.6. The van der Waals surface area contributed by atoms with Crippen LogP contribution in [-0.4, -0.2) is 58.5 Å². The Morgan fingerprint density at radius 2 is 1.69 bits per heavy atom. The van der Waals surface area contributed by atoms with Crippen LogP contribution in [0.1, 0.15) is 44.8 Å². The first-order valence-electron chi connectivity index (χ1n) is 12.3. The van der Waals surface area contributed by atoms with Crippen LogP contribution >= 0.6 is 0 Å². The number of aliphatic hydroxyl groups excluding tert-OH is 2. The topological polar surface area (TPSA) is 136 Å². The molecule has 0 saturated carbocycles. The molecule has 3 aromatic rings. The number of sulfone groups is 1. The van der Waals surface area contributed by atoms with E-state index in [4.69, 9.17) is 4.98 Å². The van der Waals surface area contributed by atoms with Crippen molar-refractivity contribution in [3.8, 4) is 11.3 Å². The second kappa shape index (κ2) is 14.4. The molecule has 2 atom stereocenters. The van der Waals surface area contributed by atoms with Crippen LogP contribution < -0.4 is 39.6 Å². The number of carbonyl (C=O) groups is 1. The van der Waals surface area contributed by atoms with Crippen LogP contribution in [0.5, 0.6) is 0 Å². The summed E-state index contributed by atoms with van der Waals surface area (Å²) in [5.41, 5.74) is 2.42. The maximum absolute atomic E-state index is 13.7. The number of halogens is 1. The predicted molar refractivity (Wildman–Crippen MR) is 141 cm³/mol. The first-order valence-corrected chi connectivity index (χ1v) is 14.3. The summed E-state index contributed by atoms with van der Waals surface area (Å²) in [5.74, 6) is -1.78. The van der Waals surface area contributed by atoms with Gasteiger partial charge in [0.05, 0.1) is 17.9 Å². The monoisotopic (exact) mass is 569 g/mol. The van der Waals surface area contributed by atoms with Crippen LogP contribution in [0.15, 0.2) is 54.6 Å². The molecule has 3 rings (SSSR count). The molecule has 0 spiro atoms. The van der Waals surface area contributed by atoms with Crippen molar-refractivity contribution in [2.45, 2.75) is 57.8 Å². The second-order valence-corrected chi connectivity index (χ2v) is 11.8. The molecule has 0 bridgehead atoms. The Hall–Kier alpha value is -2.28. The molecule has 0 radical (unpaired) electrons. The molecular weight excluding hydrogens is 536 g/mol. The van der Waals surface area contributed by atoms with Gasteiger partial charge in [0.15, 0.2) is 9.84 Å². The van der Waals surface area contributed by atoms with Crippen molar-refractivity contribution >= 4 is 27.4 Å². The molecular formula is C27H33FN3NaO6S. The van der Waals surface area contributed by atoms with Gasteiger partial charge in [-0.25, -0.2) is 17.8 Å². The molecule has 2 aromatic carbocycles. The SMILES string of the molecule is CC(C)n1c(N(CS(C)(=O)=O)c2ccccc2)nc(-c2ccc(F)cc2)c1CC[C@@H](O)C[C@@H](O)CC(=O)[O-].[Na+]. The van der Waals surface area contributed by atoms with Crippen LogP contribution in [0.25, 0.3) is 11.3 Å². The van der Waals surface area contributed by atoms with E-state index in [1.165, 1.54) is 12.1 Å². The Balaban J connectivity index is 0.00000533. The van der Waals surface area contributed by atoms with Gasteiger partial charge in [-0.3, -0.25) is 4.90 Å². The number of aromatic nitrogens is 2. The zero-order chi connectivity index (χ0) is 28.0. The van der Waals surface area contributed by atoms with E-state index >= 15 is 0 Å². The maximum Gasteiger partial charge on any atom is 1.00 e. The van der Waals surface area contributed by atoms with Crippen molar-refractivity contribution in [3.05, 3.63) is 66.1 Å². The molecule has 0 aliphatic rings. The number of rotatable bonds is 13. The summed E-state index contributed by atoms with van der Waals surface area (Å²) in [5, 5.41) is 31.2. The average molecular weight is 570 g/mol. The van der Waals surface area contributed by atoms with E-state index in [9.17, 15) is 32.9 Å². The molecule has 0 saturated heterocycles. The first kappa shape index (κ1) is 32.9.